The molecule has 1 heterocycles. The van der Waals surface area contributed by atoms with E-state index in [9.17, 15) is 4.79 Å². The lowest BCUT2D eigenvalue weighted by Gasteiger charge is -2.32. The summed E-state index contributed by atoms with van der Waals surface area (Å²) >= 11 is 0. The average molecular weight is 297 g/mol. The second-order valence-corrected chi connectivity index (χ2v) is 6.02. The number of carbonyl (C=O) groups is 1. The van der Waals surface area contributed by atoms with Gasteiger partial charge in [0.2, 0.25) is 0 Å². The molecule has 1 aliphatic heterocycles. The Hall–Kier alpha value is -1.54. The van der Waals surface area contributed by atoms with E-state index in [2.05, 4.69) is 4.99 Å². The maximum absolute atomic E-state index is 11.9. The highest BCUT2D eigenvalue weighted by Crippen LogP contribution is 2.17. The number of nitrogens with two attached hydrogens (primary N) is 1. The quantitative estimate of drug-likeness (QED) is 0.513. The number of hydrogen-bond donors (Lipinski definition) is 3. The molecule has 0 spiro atoms. The maximum Gasteiger partial charge on any atom is 0.491 e. The smallest absolute Gasteiger partial charge is 0.444 e. The number of amides is 1. The zero-order chi connectivity index (χ0) is 16.0. The van der Waals surface area contributed by atoms with E-state index in [1.807, 2.05) is 20.8 Å². The molecule has 4 N–H and O–H groups in total. The average Bonchev–Trinajstić information content (AvgIpc) is 2.37. The van der Waals surface area contributed by atoms with Gasteiger partial charge < -0.3 is 25.4 Å². The minimum Gasteiger partial charge on any atom is -0.444 e. The zero-order valence-corrected chi connectivity index (χ0v) is 12.8. The first-order valence-electron chi connectivity index (χ1n) is 7.02. The van der Waals surface area contributed by atoms with Crippen LogP contribution in [0.25, 0.3) is 0 Å². The van der Waals surface area contributed by atoms with E-state index < -0.39 is 12.7 Å². The summed E-state index contributed by atoms with van der Waals surface area (Å²) in [6.45, 7) is 6.65. The molecule has 0 aliphatic carbocycles. The van der Waals surface area contributed by atoms with E-state index in [1.54, 1.807) is 4.90 Å². The van der Waals surface area contributed by atoms with E-state index in [1.165, 1.54) is 6.21 Å². The summed E-state index contributed by atoms with van der Waals surface area (Å²) in [5.74, 6) is 0. The first-order chi connectivity index (χ1) is 9.73. The van der Waals surface area contributed by atoms with Crippen molar-refractivity contribution in [2.75, 3.05) is 13.1 Å². The van der Waals surface area contributed by atoms with Crippen molar-refractivity contribution < 1.29 is 19.6 Å². The molecule has 0 saturated carbocycles. The van der Waals surface area contributed by atoms with E-state index in [4.69, 9.17) is 20.5 Å². The second kappa shape index (κ2) is 7.47. The molecule has 1 saturated heterocycles. The number of aliphatic imine (C=N–C) groups is 1. The van der Waals surface area contributed by atoms with Gasteiger partial charge in [-0.25, -0.2) is 4.79 Å². The van der Waals surface area contributed by atoms with Gasteiger partial charge in [0.1, 0.15) is 5.60 Å². The zero-order valence-electron chi connectivity index (χ0n) is 12.8. The first-order valence-corrected chi connectivity index (χ1v) is 7.02. The number of nitrogens with zero attached hydrogens (tertiary/aromatic N) is 2. The largest absolute Gasteiger partial charge is 0.491 e. The summed E-state index contributed by atoms with van der Waals surface area (Å²) in [5, 5.41) is 18.0. The lowest BCUT2D eigenvalue weighted by atomic mass is 9.81. The molecule has 0 aromatic heterocycles. The summed E-state index contributed by atoms with van der Waals surface area (Å²) in [5.41, 5.74) is 4.93. The Kier molecular flexibility index (Phi) is 6.23. The Bertz CT molecular complexity index is 410. The van der Waals surface area contributed by atoms with Gasteiger partial charge in [0.25, 0.3) is 0 Å². The summed E-state index contributed by atoms with van der Waals surface area (Å²) < 4.78 is 5.32. The van der Waals surface area contributed by atoms with Crippen molar-refractivity contribution in [1.82, 2.24) is 4.90 Å². The van der Waals surface area contributed by atoms with E-state index in [0.717, 1.165) is 6.20 Å². The van der Waals surface area contributed by atoms with E-state index in [-0.39, 0.29) is 17.6 Å². The molecule has 0 atom stereocenters. The van der Waals surface area contributed by atoms with Gasteiger partial charge in [0.15, 0.2) is 0 Å². The predicted molar refractivity (Wildman–Crippen MR) is 81.8 cm³/mol. The second-order valence-electron chi connectivity index (χ2n) is 6.02. The summed E-state index contributed by atoms with van der Waals surface area (Å²) in [4.78, 5) is 17.8. The molecule has 0 bridgehead atoms. The van der Waals surface area contributed by atoms with E-state index >= 15 is 0 Å². The lowest BCUT2D eigenvalue weighted by molar-refractivity contribution is 0.0207. The van der Waals surface area contributed by atoms with Gasteiger partial charge in [-0.2, -0.15) is 0 Å². The third-order valence-electron chi connectivity index (χ3n) is 3.04. The Balaban J connectivity index is 2.46. The van der Waals surface area contributed by atoms with Crippen LogP contribution in [-0.4, -0.2) is 59.1 Å². The Morgan fingerprint density at radius 2 is 1.95 bits per heavy atom. The van der Waals surface area contributed by atoms with Crippen molar-refractivity contribution in [3.63, 3.8) is 0 Å². The van der Waals surface area contributed by atoms with Crippen molar-refractivity contribution in [3.05, 3.63) is 11.7 Å². The summed E-state index contributed by atoms with van der Waals surface area (Å²) in [6, 6.07) is 0.0392. The van der Waals surface area contributed by atoms with Crippen LogP contribution in [0, 0.1) is 0 Å². The molecule has 8 heteroatoms. The molecule has 1 amide bonds. The topological polar surface area (TPSA) is 108 Å². The van der Waals surface area contributed by atoms with Gasteiger partial charge in [-0.1, -0.05) is 0 Å². The standard InChI is InChI=1S/C13H24BN3O4/c1-13(2,3)21-12(18)17-6-4-11(5-7-17)16-9-10(8-15)14(19)20/h8-9,11,19-20H,4-7,15H2,1-3H3. The predicted octanol–water partition coefficient (Wildman–Crippen LogP) is 0.311. The molecule has 1 aliphatic rings. The van der Waals surface area contributed by atoms with Crippen molar-refractivity contribution in [2.24, 2.45) is 10.7 Å². The molecule has 118 valence electrons. The SMILES string of the molecule is CC(C)(C)OC(=O)N1CCC(N=CC(=CN)B(O)O)CC1. The molecule has 0 radical (unpaired) electrons. The molecule has 7 nitrogen and oxygen atoms in total. The highest BCUT2D eigenvalue weighted by Gasteiger charge is 2.26. The minimum atomic E-state index is -1.62. The molecular formula is C13H24BN3O4. The van der Waals surface area contributed by atoms with Crippen LogP contribution >= 0.6 is 0 Å². The molecule has 21 heavy (non-hydrogen) atoms. The van der Waals surface area contributed by atoms with Crippen LogP contribution < -0.4 is 5.73 Å². The molecule has 0 aromatic rings. The van der Waals surface area contributed by atoms with Crippen LogP contribution in [0.1, 0.15) is 33.6 Å². The van der Waals surface area contributed by atoms with Crippen LogP contribution in [0.3, 0.4) is 0 Å². The van der Waals surface area contributed by atoms with Gasteiger partial charge in [0, 0.05) is 24.8 Å². The molecule has 1 rings (SSSR count). The van der Waals surface area contributed by atoms with Crippen molar-refractivity contribution in [3.8, 4) is 0 Å². The monoisotopic (exact) mass is 297 g/mol. The van der Waals surface area contributed by atoms with Crippen LogP contribution in [0.2, 0.25) is 0 Å². The Morgan fingerprint density at radius 1 is 1.38 bits per heavy atom. The highest BCUT2D eigenvalue weighted by atomic mass is 16.6. The number of allylic oxidation sites excluding steroid dienone is 1. The third kappa shape index (κ3) is 6.18. The number of rotatable bonds is 3. The van der Waals surface area contributed by atoms with Gasteiger partial charge in [0.05, 0.1) is 6.04 Å². The normalized spacial score (nSPS) is 18.1. The van der Waals surface area contributed by atoms with Crippen molar-refractivity contribution in [2.45, 2.75) is 45.3 Å². The van der Waals surface area contributed by atoms with Gasteiger partial charge >= 0.3 is 13.2 Å². The van der Waals surface area contributed by atoms with Gasteiger partial charge in [-0.3, -0.25) is 4.99 Å². The fourth-order valence-corrected chi connectivity index (χ4v) is 1.91. The fourth-order valence-electron chi connectivity index (χ4n) is 1.91. The number of hydrogen-bond acceptors (Lipinski definition) is 6. The number of carbonyl (C=O) groups excluding carboxylic acids is 1. The van der Waals surface area contributed by atoms with E-state index in [0.29, 0.717) is 25.9 Å². The minimum absolute atomic E-state index is 0.0392. The summed E-state index contributed by atoms with van der Waals surface area (Å²) in [6.07, 6.45) is 3.59. The number of ether oxygens (including phenoxy) is 1. The maximum atomic E-state index is 11.9. The summed E-state index contributed by atoms with van der Waals surface area (Å²) in [7, 11) is -1.62. The van der Waals surface area contributed by atoms with Crippen LogP contribution in [0.15, 0.2) is 16.7 Å². The third-order valence-corrected chi connectivity index (χ3v) is 3.04. The van der Waals surface area contributed by atoms with Gasteiger partial charge in [-0.15, -0.1) is 0 Å². The van der Waals surface area contributed by atoms with Gasteiger partial charge in [-0.05, 0) is 39.8 Å². The molecule has 0 aromatic carbocycles. The number of piperidine rings is 1. The highest BCUT2D eigenvalue weighted by molar-refractivity contribution is 6.56. The first kappa shape index (κ1) is 17.5. The number of likely N-dealkylation sites (tertiary alicyclic amines) is 1. The van der Waals surface area contributed by atoms with Crippen LogP contribution in [0.4, 0.5) is 4.79 Å². The molecule has 1 fully saturated rings. The molecule has 0 unspecified atom stereocenters. The van der Waals surface area contributed by atoms with Crippen molar-refractivity contribution in [1.29, 1.82) is 0 Å². The lowest BCUT2D eigenvalue weighted by Crippen LogP contribution is -2.42. The Morgan fingerprint density at radius 3 is 2.38 bits per heavy atom. The molecular weight excluding hydrogens is 273 g/mol. The fraction of sp³-hybridized carbons (Fsp3) is 0.692. The van der Waals surface area contributed by atoms with Crippen LogP contribution in [0.5, 0.6) is 0 Å². The van der Waals surface area contributed by atoms with Crippen LogP contribution in [-0.2, 0) is 4.74 Å². The Labute approximate surface area is 125 Å². The van der Waals surface area contributed by atoms with Crippen molar-refractivity contribution >= 4 is 19.4 Å².